The number of piperidine rings is 1. The lowest BCUT2D eigenvalue weighted by atomic mass is 9.78. The van der Waals surface area contributed by atoms with Crippen LogP contribution in [-0.4, -0.2) is 56.9 Å². The van der Waals surface area contributed by atoms with Crippen molar-refractivity contribution >= 4 is 33.9 Å². The fourth-order valence-corrected chi connectivity index (χ4v) is 5.00. The lowest BCUT2D eigenvalue weighted by Crippen LogP contribution is -2.45. The van der Waals surface area contributed by atoms with E-state index in [1.165, 1.54) is 13.0 Å². The summed E-state index contributed by atoms with van der Waals surface area (Å²) in [5.41, 5.74) is 0.0724. The van der Waals surface area contributed by atoms with Crippen LogP contribution in [0.4, 0.5) is 4.39 Å². The summed E-state index contributed by atoms with van der Waals surface area (Å²) in [5, 5.41) is 3.35. The van der Waals surface area contributed by atoms with Crippen LogP contribution in [0.1, 0.15) is 36.5 Å². The normalized spacial score (nSPS) is 19.0. The van der Waals surface area contributed by atoms with Crippen LogP contribution in [0, 0.1) is 11.2 Å². The van der Waals surface area contributed by atoms with Crippen LogP contribution in [-0.2, 0) is 14.6 Å². The highest BCUT2D eigenvalue weighted by molar-refractivity contribution is 7.92. The second kappa shape index (κ2) is 8.24. The molecule has 0 saturated carbocycles. The molecule has 150 valence electrons. The first kappa shape index (κ1) is 21.8. The molecule has 1 N–H and O–H groups in total. The maximum absolute atomic E-state index is 13.9. The number of likely N-dealkylation sites (tertiary alicyclic amines) is 1. The maximum Gasteiger partial charge on any atom is 0.238 e. The Morgan fingerprint density at radius 3 is 2.41 bits per heavy atom. The summed E-state index contributed by atoms with van der Waals surface area (Å²) in [4.78, 5) is 25.0. The van der Waals surface area contributed by atoms with Gasteiger partial charge in [0.2, 0.25) is 5.91 Å². The second-order valence-corrected chi connectivity index (χ2v) is 9.25. The zero-order chi connectivity index (χ0) is 18.9. The van der Waals surface area contributed by atoms with E-state index in [0.717, 1.165) is 44.5 Å². The predicted molar refractivity (Wildman–Crippen MR) is 101 cm³/mol. The Hall–Kier alpha value is -1.51. The van der Waals surface area contributed by atoms with Crippen molar-refractivity contribution in [3.05, 3.63) is 29.6 Å². The summed E-state index contributed by atoms with van der Waals surface area (Å²) in [6.07, 6.45) is 2.83. The molecule has 2 aliphatic heterocycles. The van der Waals surface area contributed by atoms with Gasteiger partial charge in [0.25, 0.3) is 0 Å². The Kier molecular flexibility index (Phi) is 6.65. The average Bonchev–Trinajstić information content (AvgIpc) is 3.02. The Balaban J connectivity index is 0.00000261. The fourth-order valence-electron chi connectivity index (χ4n) is 3.76. The molecule has 1 aromatic carbocycles. The van der Waals surface area contributed by atoms with Crippen LogP contribution < -0.4 is 5.32 Å². The molecule has 1 spiro atoms. The van der Waals surface area contributed by atoms with Crippen molar-refractivity contribution in [1.29, 1.82) is 0 Å². The number of benzene rings is 1. The average molecular weight is 419 g/mol. The van der Waals surface area contributed by atoms with Gasteiger partial charge in [0.15, 0.2) is 15.6 Å². The van der Waals surface area contributed by atoms with Crippen molar-refractivity contribution < 1.29 is 22.4 Å². The molecule has 9 heteroatoms. The van der Waals surface area contributed by atoms with Gasteiger partial charge in [-0.3, -0.25) is 9.59 Å². The van der Waals surface area contributed by atoms with Crippen LogP contribution in [0.15, 0.2) is 23.1 Å². The summed E-state index contributed by atoms with van der Waals surface area (Å²) >= 11 is 0. The highest BCUT2D eigenvalue weighted by Crippen LogP contribution is 2.37. The van der Waals surface area contributed by atoms with E-state index in [2.05, 4.69) is 5.32 Å². The molecule has 0 aliphatic carbocycles. The van der Waals surface area contributed by atoms with Crippen LogP contribution in [0.5, 0.6) is 0 Å². The second-order valence-electron chi connectivity index (χ2n) is 7.26. The molecule has 3 rings (SSSR count). The molecule has 0 radical (unpaired) electrons. The van der Waals surface area contributed by atoms with E-state index >= 15 is 0 Å². The number of ketones is 1. The molecule has 27 heavy (non-hydrogen) atoms. The Morgan fingerprint density at radius 2 is 1.89 bits per heavy atom. The number of rotatable bonds is 4. The van der Waals surface area contributed by atoms with E-state index in [4.69, 9.17) is 0 Å². The third-order valence-corrected chi connectivity index (χ3v) is 7.10. The number of hydrogen-bond donors (Lipinski definition) is 1. The molecule has 1 aromatic rings. The van der Waals surface area contributed by atoms with E-state index in [1.807, 2.05) is 0 Å². The van der Waals surface area contributed by atoms with Crippen LogP contribution >= 0.6 is 12.4 Å². The van der Waals surface area contributed by atoms with Crippen LogP contribution in [0.25, 0.3) is 0 Å². The maximum atomic E-state index is 13.9. The van der Waals surface area contributed by atoms with Crippen molar-refractivity contribution in [2.24, 2.45) is 5.41 Å². The summed E-state index contributed by atoms with van der Waals surface area (Å²) in [5.74, 6) is -2.51. The fraction of sp³-hybridized carbons (Fsp3) is 0.556. The highest BCUT2D eigenvalue weighted by atomic mass is 35.5. The minimum absolute atomic E-state index is 0. The Bertz CT molecular complexity index is 828. The number of carbonyl (C=O) groups is 2. The molecule has 0 aromatic heterocycles. The molecule has 2 aliphatic rings. The standard InChI is InChI=1S/C18H23FN2O4S.ClH/c1-13(22)15-3-2-14(10-16(15)19)26(24,25)11-17(23)21-8-5-18(6-9-21)4-7-20-12-18;/h2-3,10,20H,4-9,11-12H2,1H3;1H. The first-order chi connectivity index (χ1) is 12.2. The van der Waals surface area contributed by atoms with Gasteiger partial charge in [-0.25, -0.2) is 12.8 Å². The lowest BCUT2D eigenvalue weighted by Gasteiger charge is -2.38. The van der Waals surface area contributed by atoms with Gasteiger partial charge >= 0.3 is 0 Å². The number of nitrogens with zero attached hydrogens (tertiary/aromatic N) is 1. The van der Waals surface area contributed by atoms with Crippen molar-refractivity contribution in [3.63, 3.8) is 0 Å². The van der Waals surface area contributed by atoms with Crippen molar-refractivity contribution in [2.45, 2.75) is 31.1 Å². The first-order valence-electron chi connectivity index (χ1n) is 8.74. The number of Topliss-reactive ketones (excluding diaryl/α,β-unsaturated/α-hetero) is 1. The summed E-state index contributed by atoms with van der Waals surface area (Å²) in [6, 6.07) is 3.14. The van der Waals surface area contributed by atoms with E-state index in [-0.39, 0.29) is 28.3 Å². The minimum atomic E-state index is -3.96. The van der Waals surface area contributed by atoms with Crippen molar-refractivity contribution in [2.75, 3.05) is 31.9 Å². The van der Waals surface area contributed by atoms with E-state index in [0.29, 0.717) is 13.1 Å². The summed E-state index contributed by atoms with van der Waals surface area (Å²) < 4.78 is 38.8. The monoisotopic (exact) mass is 418 g/mol. The van der Waals surface area contributed by atoms with E-state index in [1.54, 1.807) is 4.90 Å². The smallest absolute Gasteiger partial charge is 0.238 e. The topological polar surface area (TPSA) is 83.5 Å². The molecule has 2 fully saturated rings. The Labute approximate surface area is 164 Å². The summed E-state index contributed by atoms with van der Waals surface area (Å²) in [7, 11) is -3.96. The van der Waals surface area contributed by atoms with E-state index in [9.17, 15) is 22.4 Å². The van der Waals surface area contributed by atoms with Crippen LogP contribution in [0.2, 0.25) is 0 Å². The zero-order valence-electron chi connectivity index (χ0n) is 15.2. The molecule has 0 atom stereocenters. The molecule has 0 unspecified atom stereocenters. The Morgan fingerprint density at radius 1 is 1.22 bits per heavy atom. The van der Waals surface area contributed by atoms with Crippen molar-refractivity contribution in [3.8, 4) is 0 Å². The number of halogens is 2. The third-order valence-electron chi connectivity index (χ3n) is 5.50. The molecule has 0 bridgehead atoms. The minimum Gasteiger partial charge on any atom is -0.342 e. The predicted octanol–water partition coefficient (Wildman–Crippen LogP) is 1.83. The van der Waals surface area contributed by atoms with Gasteiger partial charge in [0.05, 0.1) is 10.5 Å². The van der Waals surface area contributed by atoms with Gasteiger partial charge < -0.3 is 10.2 Å². The van der Waals surface area contributed by atoms with Gasteiger partial charge in [0, 0.05) is 19.6 Å². The lowest BCUT2D eigenvalue weighted by molar-refractivity contribution is -0.130. The van der Waals surface area contributed by atoms with Crippen LogP contribution in [0.3, 0.4) is 0 Å². The molecule has 6 nitrogen and oxygen atoms in total. The first-order valence-corrected chi connectivity index (χ1v) is 10.4. The van der Waals surface area contributed by atoms with Crippen molar-refractivity contribution in [1.82, 2.24) is 10.2 Å². The van der Waals surface area contributed by atoms with E-state index < -0.39 is 33.1 Å². The molecule has 2 heterocycles. The number of carbonyl (C=O) groups excluding carboxylic acids is 2. The quantitative estimate of drug-likeness (QED) is 0.754. The number of hydrogen-bond acceptors (Lipinski definition) is 5. The number of nitrogens with one attached hydrogen (secondary N) is 1. The number of amides is 1. The molecular weight excluding hydrogens is 395 g/mol. The van der Waals surface area contributed by atoms with Gasteiger partial charge in [0.1, 0.15) is 11.6 Å². The third kappa shape index (κ3) is 4.67. The summed E-state index contributed by atoms with van der Waals surface area (Å²) in [6.45, 7) is 4.25. The van der Waals surface area contributed by atoms with Gasteiger partial charge in [-0.2, -0.15) is 0 Å². The highest BCUT2D eigenvalue weighted by Gasteiger charge is 2.38. The zero-order valence-corrected chi connectivity index (χ0v) is 16.8. The molecular formula is C18H24ClFN2O4S. The van der Waals surface area contributed by atoms with Gasteiger partial charge in [-0.1, -0.05) is 0 Å². The van der Waals surface area contributed by atoms with Gasteiger partial charge in [-0.05, 0) is 56.3 Å². The largest absolute Gasteiger partial charge is 0.342 e. The molecule has 2 saturated heterocycles. The van der Waals surface area contributed by atoms with Gasteiger partial charge in [-0.15, -0.1) is 12.4 Å². The molecule has 1 amide bonds. The SMILES string of the molecule is CC(=O)c1ccc(S(=O)(=O)CC(=O)N2CCC3(CCNC3)CC2)cc1F.Cl. The number of sulfone groups is 1.